The quantitative estimate of drug-likeness (QED) is 0.792. The Bertz CT molecular complexity index is 267. The molecule has 0 aliphatic heterocycles. The molecule has 1 aromatic heterocycles. The van der Waals surface area contributed by atoms with Crippen LogP contribution in [0.3, 0.4) is 0 Å². The second kappa shape index (κ2) is 7.55. The third-order valence-corrected chi connectivity index (χ3v) is 4.54. The van der Waals surface area contributed by atoms with Gasteiger partial charge in [-0.25, -0.2) is 0 Å². The molecule has 0 saturated carbocycles. The highest BCUT2D eigenvalue weighted by atomic mass is 35.5. The van der Waals surface area contributed by atoms with Crippen LogP contribution in [-0.2, 0) is 0 Å². The summed E-state index contributed by atoms with van der Waals surface area (Å²) >= 11 is 9.86. The Balaban J connectivity index is 2.58. The SMILES string of the molecule is CCCNC(CSCC)c1sccc1Cl. The lowest BCUT2D eigenvalue weighted by atomic mass is 10.2. The van der Waals surface area contributed by atoms with Crippen molar-refractivity contribution in [2.45, 2.75) is 26.3 Å². The van der Waals surface area contributed by atoms with Crippen molar-refractivity contribution in [3.8, 4) is 0 Å². The Kier molecular flexibility index (Phi) is 6.73. The largest absolute Gasteiger partial charge is 0.309 e. The van der Waals surface area contributed by atoms with E-state index in [9.17, 15) is 0 Å². The average Bonchev–Trinajstić information content (AvgIpc) is 2.65. The second-order valence-electron chi connectivity index (χ2n) is 3.30. The van der Waals surface area contributed by atoms with Crippen LogP contribution in [0.1, 0.15) is 31.2 Å². The van der Waals surface area contributed by atoms with Gasteiger partial charge < -0.3 is 5.32 Å². The van der Waals surface area contributed by atoms with E-state index >= 15 is 0 Å². The smallest absolute Gasteiger partial charge is 0.0561 e. The molecule has 1 heterocycles. The van der Waals surface area contributed by atoms with Gasteiger partial charge in [0.05, 0.1) is 11.1 Å². The summed E-state index contributed by atoms with van der Waals surface area (Å²) in [6.45, 7) is 5.44. The summed E-state index contributed by atoms with van der Waals surface area (Å²) in [6, 6.07) is 2.40. The van der Waals surface area contributed by atoms with Crippen molar-refractivity contribution < 1.29 is 0 Å². The zero-order valence-corrected chi connectivity index (χ0v) is 11.6. The number of thiophene rings is 1. The molecule has 86 valence electrons. The van der Waals surface area contributed by atoms with Gasteiger partial charge in [0.1, 0.15) is 0 Å². The Morgan fingerprint density at radius 2 is 2.33 bits per heavy atom. The fraction of sp³-hybridized carbons (Fsp3) is 0.636. The van der Waals surface area contributed by atoms with Gasteiger partial charge in [-0.3, -0.25) is 0 Å². The molecule has 0 radical (unpaired) electrons. The van der Waals surface area contributed by atoms with Crippen LogP contribution in [0.15, 0.2) is 11.4 Å². The highest BCUT2D eigenvalue weighted by Crippen LogP contribution is 2.30. The van der Waals surface area contributed by atoms with E-state index in [1.54, 1.807) is 11.3 Å². The predicted octanol–water partition coefficient (Wildman–Crippen LogP) is 4.20. The number of hydrogen-bond donors (Lipinski definition) is 1. The zero-order chi connectivity index (χ0) is 11.1. The first-order valence-corrected chi connectivity index (χ1v) is 7.74. The van der Waals surface area contributed by atoms with Crippen LogP contribution in [0, 0.1) is 0 Å². The molecule has 0 aromatic carbocycles. The standard InChI is InChI=1S/C11H18ClNS2/c1-3-6-13-10(8-14-4-2)11-9(12)5-7-15-11/h5,7,10,13H,3-4,6,8H2,1-2H3. The molecule has 0 saturated heterocycles. The highest BCUT2D eigenvalue weighted by molar-refractivity contribution is 7.99. The summed E-state index contributed by atoms with van der Waals surface area (Å²) in [5.74, 6) is 2.27. The third kappa shape index (κ3) is 4.35. The molecule has 4 heteroatoms. The van der Waals surface area contributed by atoms with Crippen LogP contribution < -0.4 is 5.32 Å². The number of rotatable bonds is 7. The minimum Gasteiger partial charge on any atom is -0.309 e. The topological polar surface area (TPSA) is 12.0 Å². The monoisotopic (exact) mass is 263 g/mol. The molecule has 0 amide bonds. The van der Waals surface area contributed by atoms with Crippen molar-refractivity contribution in [1.82, 2.24) is 5.32 Å². The molecule has 0 aliphatic rings. The van der Waals surface area contributed by atoms with Gasteiger partial charge in [-0.1, -0.05) is 25.4 Å². The molecule has 15 heavy (non-hydrogen) atoms. The molecule has 0 bridgehead atoms. The first-order chi connectivity index (χ1) is 7.29. The lowest BCUT2D eigenvalue weighted by Crippen LogP contribution is -2.23. The van der Waals surface area contributed by atoms with Crippen LogP contribution in [0.4, 0.5) is 0 Å². The minimum absolute atomic E-state index is 0.419. The lowest BCUT2D eigenvalue weighted by Gasteiger charge is -2.17. The lowest BCUT2D eigenvalue weighted by molar-refractivity contribution is 0.585. The fourth-order valence-corrected chi connectivity index (χ4v) is 3.46. The Morgan fingerprint density at radius 1 is 1.53 bits per heavy atom. The fourth-order valence-electron chi connectivity index (χ4n) is 1.34. The van der Waals surface area contributed by atoms with Crippen molar-refractivity contribution in [2.75, 3.05) is 18.1 Å². The molecule has 1 N–H and O–H groups in total. The van der Waals surface area contributed by atoms with E-state index in [4.69, 9.17) is 11.6 Å². The van der Waals surface area contributed by atoms with Gasteiger partial charge in [0.15, 0.2) is 0 Å². The maximum absolute atomic E-state index is 6.15. The number of hydrogen-bond acceptors (Lipinski definition) is 3. The first kappa shape index (κ1) is 13.4. The molecular weight excluding hydrogens is 246 g/mol. The molecule has 0 aliphatic carbocycles. The van der Waals surface area contributed by atoms with E-state index in [0.717, 1.165) is 29.5 Å². The first-order valence-electron chi connectivity index (χ1n) is 5.33. The van der Waals surface area contributed by atoms with Crippen molar-refractivity contribution in [1.29, 1.82) is 0 Å². The van der Waals surface area contributed by atoms with Crippen LogP contribution in [0.25, 0.3) is 0 Å². The van der Waals surface area contributed by atoms with Crippen molar-refractivity contribution >= 4 is 34.7 Å². The summed E-state index contributed by atoms with van der Waals surface area (Å²) in [4.78, 5) is 1.28. The van der Waals surface area contributed by atoms with Crippen LogP contribution >= 0.6 is 34.7 Å². The van der Waals surface area contributed by atoms with E-state index in [2.05, 4.69) is 24.5 Å². The van der Waals surface area contributed by atoms with E-state index < -0.39 is 0 Å². The normalized spacial score (nSPS) is 13.0. The minimum atomic E-state index is 0.419. The van der Waals surface area contributed by atoms with Gasteiger partial charge in [-0.05, 0) is 30.2 Å². The highest BCUT2D eigenvalue weighted by Gasteiger charge is 2.14. The maximum Gasteiger partial charge on any atom is 0.0561 e. The maximum atomic E-state index is 6.15. The van der Waals surface area contributed by atoms with E-state index in [-0.39, 0.29) is 0 Å². The van der Waals surface area contributed by atoms with Gasteiger partial charge in [-0.2, -0.15) is 11.8 Å². The average molecular weight is 264 g/mol. The van der Waals surface area contributed by atoms with Gasteiger partial charge in [0, 0.05) is 10.6 Å². The molecule has 0 fully saturated rings. The summed E-state index contributed by atoms with van der Waals surface area (Å²) in [5, 5.41) is 6.52. The molecule has 1 aromatic rings. The molecule has 1 unspecified atom stereocenters. The Labute approximate surface area is 106 Å². The second-order valence-corrected chi connectivity index (χ2v) is 5.97. The van der Waals surface area contributed by atoms with Crippen molar-refractivity contribution in [2.24, 2.45) is 0 Å². The van der Waals surface area contributed by atoms with Crippen molar-refractivity contribution in [3.63, 3.8) is 0 Å². The third-order valence-electron chi connectivity index (χ3n) is 2.09. The number of thioether (sulfide) groups is 1. The summed E-state index contributed by atoms with van der Waals surface area (Å²) < 4.78 is 0. The zero-order valence-electron chi connectivity index (χ0n) is 9.25. The summed E-state index contributed by atoms with van der Waals surface area (Å²) in [5.41, 5.74) is 0. The molecule has 1 nitrogen and oxygen atoms in total. The molecule has 1 rings (SSSR count). The van der Waals surface area contributed by atoms with Crippen LogP contribution in [0.5, 0.6) is 0 Å². The molecule has 1 atom stereocenters. The van der Waals surface area contributed by atoms with Gasteiger partial charge in [-0.15, -0.1) is 11.3 Å². The molecular formula is C11H18ClNS2. The van der Waals surface area contributed by atoms with Gasteiger partial charge >= 0.3 is 0 Å². The number of nitrogens with one attached hydrogen (secondary N) is 1. The summed E-state index contributed by atoms with van der Waals surface area (Å²) in [6.07, 6.45) is 1.16. The Hall–Kier alpha value is 0.300. The Morgan fingerprint density at radius 3 is 2.87 bits per heavy atom. The van der Waals surface area contributed by atoms with Crippen LogP contribution in [-0.4, -0.2) is 18.1 Å². The van der Waals surface area contributed by atoms with E-state index in [1.807, 2.05) is 17.8 Å². The summed E-state index contributed by atoms with van der Waals surface area (Å²) in [7, 11) is 0. The number of halogens is 1. The van der Waals surface area contributed by atoms with Crippen molar-refractivity contribution in [3.05, 3.63) is 21.3 Å². The van der Waals surface area contributed by atoms with Crippen LogP contribution in [0.2, 0.25) is 5.02 Å². The van der Waals surface area contributed by atoms with E-state index in [1.165, 1.54) is 4.88 Å². The van der Waals surface area contributed by atoms with E-state index in [0.29, 0.717) is 6.04 Å². The molecule has 0 spiro atoms. The predicted molar refractivity (Wildman–Crippen MR) is 73.4 cm³/mol. The van der Waals surface area contributed by atoms with Gasteiger partial charge in [0.2, 0.25) is 0 Å². The van der Waals surface area contributed by atoms with Gasteiger partial charge in [0.25, 0.3) is 0 Å².